The van der Waals surface area contributed by atoms with E-state index in [1.54, 1.807) is 11.3 Å². The van der Waals surface area contributed by atoms with Crippen LogP contribution in [0.15, 0.2) is 5.38 Å². The normalized spacial score (nSPS) is 33.8. The number of halogens is 2. The summed E-state index contributed by atoms with van der Waals surface area (Å²) in [5.74, 6) is 2.21. The molecule has 3 aliphatic rings. The average molecular weight is 420 g/mol. The van der Waals surface area contributed by atoms with Gasteiger partial charge in [0.2, 0.25) is 5.91 Å². The lowest BCUT2D eigenvalue weighted by molar-refractivity contribution is -0.139. The van der Waals surface area contributed by atoms with E-state index in [1.165, 1.54) is 24.3 Å². The topological polar surface area (TPSA) is 59.2 Å². The fourth-order valence-corrected chi connectivity index (χ4v) is 6.11. The van der Waals surface area contributed by atoms with Crippen molar-refractivity contribution >= 4 is 42.1 Å². The Hall–Kier alpha value is -0.360. The molecule has 4 nitrogen and oxygen atoms in total. The van der Waals surface area contributed by atoms with Gasteiger partial charge in [-0.25, -0.2) is 4.98 Å². The van der Waals surface area contributed by atoms with Gasteiger partial charge in [0.25, 0.3) is 0 Å². The van der Waals surface area contributed by atoms with E-state index in [-0.39, 0.29) is 30.7 Å². The molecule has 4 rings (SSSR count). The van der Waals surface area contributed by atoms with Gasteiger partial charge in [0.05, 0.1) is 5.01 Å². The molecule has 7 heteroatoms. The molecule has 1 aliphatic heterocycles. The lowest BCUT2D eigenvalue weighted by Crippen LogP contribution is -2.50. The third kappa shape index (κ3) is 4.37. The molecule has 26 heavy (non-hydrogen) atoms. The van der Waals surface area contributed by atoms with Gasteiger partial charge in [0.15, 0.2) is 0 Å². The minimum atomic E-state index is 0. The number of thiazole rings is 1. The van der Waals surface area contributed by atoms with Gasteiger partial charge in [-0.15, -0.1) is 36.2 Å². The first-order valence-electron chi connectivity index (χ1n) is 9.58. The van der Waals surface area contributed by atoms with Gasteiger partial charge < -0.3 is 10.6 Å². The van der Waals surface area contributed by atoms with Crippen LogP contribution < -0.4 is 5.73 Å². The van der Waals surface area contributed by atoms with Crippen LogP contribution in [-0.4, -0.2) is 34.9 Å². The van der Waals surface area contributed by atoms with Crippen LogP contribution in [-0.2, 0) is 4.79 Å². The van der Waals surface area contributed by atoms with E-state index in [9.17, 15) is 4.79 Å². The third-order valence-corrected chi connectivity index (χ3v) is 7.61. The molecule has 2 aliphatic carbocycles. The molecule has 1 saturated heterocycles. The first kappa shape index (κ1) is 21.9. The molecule has 1 aromatic heterocycles. The summed E-state index contributed by atoms with van der Waals surface area (Å²) in [6.07, 6.45) is 8.07. The number of likely N-dealkylation sites (tertiary alicyclic amines) is 1. The Kier molecular flexibility index (Phi) is 7.78. The van der Waals surface area contributed by atoms with Crippen LogP contribution in [0.3, 0.4) is 0 Å². The van der Waals surface area contributed by atoms with Gasteiger partial charge >= 0.3 is 0 Å². The van der Waals surface area contributed by atoms with Crippen LogP contribution in [0.5, 0.6) is 0 Å². The van der Waals surface area contributed by atoms with Gasteiger partial charge in [0.1, 0.15) is 0 Å². The zero-order valence-corrected chi connectivity index (χ0v) is 17.9. The molecule has 0 aromatic carbocycles. The summed E-state index contributed by atoms with van der Waals surface area (Å²) in [5, 5.41) is 3.34. The van der Waals surface area contributed by atoms with Crippen molar-refractivity contribution in [1.82, 2.24) is 9.88 Å². The summed E-state index contributed by atoms with van der Waals surface area (Å²) >= 11 is 1.75. The fraction of sp³-hybridized carbons (Fsp3) is 0.789. The number of hydrogen-bond acceptors (Lipinski definition) is 4. The Morgan fingerprint density at radius 2 is 1.88 bits per heavy atom. The van der Waals surface area contributed by atoms with E-state index in [4.69, 9.17) is 5.73 Å². The van der Waals surface area contributed by atoms with Crippen molar-refractivity contribution in [3.8, 4) is 0 Å². The molecule has 148 valence electrons. The number of carbonyl (C=O) groups excluding carboxylic acids is 1. The predicted octanol–water partition coefficient (Wildman–Crippen LogP) is 4.15. The lowest BCUT2D eigenvalue weighted by Gasteiger charge is -2.45. The van der Waals surface area contributed by atoms with Crippen LogP contribution in [0.1, 0.15) is 61.6 Å². The molecule has 2 heterocycles. The number of carbonyl (C=O) groups is 1. The molecule has 1 amide bonds. The Bertz CT molecular complexity index is 597. The maximum Gasteiger partial charge on any atom is 0.225 e. The zero-order chi connectivity index (χ0) is 16.7. The lowest BCUT2D eigenvalue weighted by atomic mass is 9.65. The number of nitrogens with two attached hydrogens (primary N) is 1. The molecule has 3 fully saturated rings. The SMILES string of the molecule is Cc1csc(C2CCCN(C(=O)C3CC4CCCC(C3)C4N)C2)n1.Cl.Cl. The first-order chi connectivity index (χ1) is 11.6. The Morgan fingerprint density at radius 1 is 1.19 bits per heavy atom. The second-order valence-corrected chi connectivity index (χ2v) is 9.04. The summed E-state index contributed by atoms with van der Waals surface area (Å²) in [7, 11) is 0. The van der Waals surface area contributed by atoms with Crippen molar-refractivity contribution < 1.29 is 4.79 Å². The highest BCUT2D eigenvalue weighted by atomic mass is 35.5. The van der Waals surface area contributed by atoms with E-state index in [2.05, 4.69) is 22.2 Å². The second kappa shape index (κ2) is 9.22. The monoisotopic (exact) mass is 419 g/mol. The van der Waals surface area contributed by atoms with Crippen molar-refractivity contribution in [2.24, 2.45) is 23.5 Å². The van der Waals surface area contributed by atoms with Gasteiger partial charge in [-0.05, 0) is 57.3 Å². The quantitative estimate of drug-likeness (QED) is 0.782. The van der Waals surface area contributed by atoms with Gasteiger partial charge in [-0.1, -0.05) is 6.42 Å². The fourth-order valence-electron chi connectivity index (χ4n) is 5.19. The largest absolute Gasteiger partial charge is 0.342 e. The summed E-state index contributed by atoms with van der Waals surface area (Å²) in [6.45, 7) is 3.84. The smallest absolute Gasteiger partial charge is 0.225 e. The average Bonchev–Trinajstić information content (AvgIpc) is 3.01. The standard InChI is InChI=1S/C19H29N3OS.2ClH/c1-12-11-24-18(21-12)15-6-3-7-22(10-15)19(23)16-8-13-4-2-5-14(9-16)17(13)20;;/h11,13-17H,2-10,20H2,1H3;2*1H. The number of aryl methyl sites for hydroxylation is 1. The highest BCUT2D eigenvalue weighted by molar-refractivity contribution is 7.09. The van der Waals surface area contributed by atoms with Crippen molar-refractivity contribution in [2.75, 3.05) is 13.1 Å². The second-order valence-electron chi connectivity index (χ2n) is 8.15. The number of rotatable bonds is 2. The Labute approximate surface area is 173 Å². The molecule has 0 radical (unpaired) electrons. The minimum Gasteiger partial charge on any atom is -0.342 e. The number of nitrogens with zero attached hydrogens (tertiary/aromatic N) is 2. The number of piperidine rings is 1. The summed E-state index contributed by atoms with van der Waals surface area (Å²) in [5.41, 5.74) is 7.50. The van der Waals surface area contributed by atoms with Crippen LogP contribution in [0.2, 0.25) is 0 Å². The van der Waals surface area contributed by atoms with E-state index in [0.717, 1.165) is 44.5 Å². The molecule has 3 atom stereocenters. The Balaban J connectivity index is 0.00000121. The zero-order valence-electron chi connectivity index (χ0n) is 15.4. The van der Waals surface area contributed by atoms with Gasteiger partial charge in [0, 0.05) is 42.0 Å². The minimum absolute atomic E-state index is 0. The third-order valence-electron chi connectivity index (χ3n) is 6.48. The van der Waals surface area contributed by atoms with E-state index >= 15 is 0 Å². The van der Waals surface area contributed by atoms with Crippen LogP contribution in [0, 0.1) is 24.7 Å². The number of amides is 1. The molecular formula is C19H31Cl2N3OS. The van der Waals surface area contributed by atoms with Crippen molar-refractivity contribution in [1.29, 1.82) is 0 Å². The van der Waals surface area contributed by atoms with Gasteiger partial charge in [-0.2, -0.15) is 0 Å². The molecule has 3 unspecified atom stereocenters. The van der Waals surface area contributed by atoms with E-state index < -0.39 is 0 Å². The molecule has 1 aromatic rings. The first-order valence-corrected chi connectivity index (χ1v) is 10.5. The van der Waals surface area contributed by atoms with Crippen molar-refractivity contribution in [3.63, 3.8) is 0 Å². The van der Waals surface area contributed by atoms with Crippen molar-refractivity contribution in [2.45, 2.75) is 63.8 Å². The Morgan fingerprint density at radius 3 is 2.50 bits per heavy atom. The molecule has 2 saturated carbocycles. The summed E-state index contributed by atoms with van der Waals surface area (Å²) in [6, 6.07) is 0.343. The van der Waals surface area contributed by atoms with Crippen LogP contribution in [0.25, 0.3) is 0 Å². The number of hydrogen-bond donors (Lipinski definition) is 1. The van der Waals surface area contributed by atoms with Gasteiger partial charge in [-0.3, -0.25) is 4.79 Å². The maximum absolute atomic E-state index is 13.1. The molecular weight excluding hydrogens is 389 g/mol. The number of aromatic nitrogens is 1. The highest BCUT2D eigenvalue weighted by Crippen LogP contribution is 2.43. The molecule has 2 bridgehead atoms. The van der Waals surface area contributed by atoms with Crippen LogP contribution >= 0.6 is 36.2 Å². The highest BCUT2D eigenvalue weighted by Gasteiger charge is 2.42. The van der Waals surface area contributed by atoms with Crippen molar-refractivity contribution in [3.05, 3.63) is 16.1 Å². The van der Waals surface area contributed by atoms with E-state index in [0.29, 0.717) is 29.7 Å². The van der Waals surface area contributed by atoms with E-state index in [1.807, 2.05) is 0 Å². The molecule has 0 spiro atoms. The summed E-state index contributed by atoms with van der Waals surface area (Å²) in [4.78, 5) is 19.9. The predicted molar refractivity (Wildman–Crippen MR) is 111 cm³/mol. The number of fused-ring (bicyclic) bond motifs is 2. The molecule has 2 N–H and O–H groups in total. The van der Waals surface area contributed by atoms with Crippen LogP contribution in [0.4, 0.5) is 0 Å². The maximum atomic E-state index is 13.1. The summed E-state index contributed by atoms with van der Waals surface area (Å²) < 4.78 is 0.